The Morgan fingerprint density at radius 3 is 2.12 bits per heavy atom. The highest BCUT2D eigenvalue weighted by atomic mass is 16.5. The van der Waals surface area contributed by atoms with Crippen molar-refractivity contribution in [3.63, 3.8) is 0 Å². The molecule has 0 amide bonds. The molecule has 92 valence electrons. The number of hydrogen-bond donors (Lipinski definition) is 0. The Morgan fingerprint density at radius 1 is 1.00 bits per heavy atom. The predicted octanol–water partition coefficient (Wildman–Crippen LogP) is 2.23. The zero-order chi connectivity index (χ0) is 12.4. The number of methoxy groups -OCH3 is 2. The number of hydrogen-bond acceptors (Lipinski definition) is 4. The van der Waals surface area contributed by atoms with Gasteiger partial charge >= 0.3 is 11.9 Å². The van der Waals surface area contributed by atoms with Crippen LogP contribution in [0, 0.1) is 0 Å². The maximum atomic E-state index is 11.2. The van der Waals surface area contributed by atoms with Crippen LogP contribution >= 0.6 is 0 Å². The lowest BCUT2D eigenvalue weighted by atomic mass is 10.1. The molecule has 0 spiro atoms. The van der Waals surface area contributed by atoms with Gasteiger partial charge in [-0.15, -0.1) is 0 Å². The van der Waals surface area contributed by atoms with Gasteiger partial charge in [-0.2, -0.15) is 0 Å². The van der Waals surface area contributed by atoms with Crippen LogP contribution in [-0.4, -0.2) is 26.2 Å². The fourth-order valence-electron chi connectivity index (χ4n) is 1.36. The first-order valence-electron chi connectivity index (χ1n) is 5.46. The van der Waals surface area contributed by atoms with E-state index in [1.165, 1.54) is 14.2 Å². The van der Waals surface area contributed by atoms with Crippen molar-refractivity contribution < 1.29 is 19.1 Å². The van der Waals surface area contributed by atoms with E-state index < -0.39 is 0 Å². The summed E-state index contributed by atoms with van der Waals surface area (Å²) in [7, 11) is 2.76. The highest BCUT2D eigenvalue weighted by Crippen LogP contribution is 2.11. The summed E-state index contributed by atoms with van der Waals surface area (Å²) in [6.07, 6.45) is 5.50. The van der Waals surface area contributed by atoms with E-state index in [1.807, 2.05) is 6.92 Å². The number of unbranched alkanes of at least 4 members (excludes halogenated alkanes) is 2. The Balaban J connectivity index is 3.65. The van der Waals surface area contributed by atoms with Crippen molar-refractivity contribution in [3.05, 3.63) is 11.6 Å². The molecule has 0 aromatic carbocycles. The Hall–Kier alpha value is -1.32. The first kappa shape index (κ1) is 14.7. The lowest BCUT2D eigenvalue weighted by Crippen LogP contribution is -2.04. The molecule has 0 aromatic heterocycles. The topological polar surface area (TPSA) is 52.6 Å². The van der Waals surface area contributed by atoms with Gasteiger partial charge in [0, 0.05) is 12.0 Å². The Morgan fingerprint density at radius 2 is 1.62 bits per heavy atom. The van der Waals surface area contributed by atoms with Gasteiger partial charge in [-0.05, 0) is 26.2 Å². The fourth-order valence-corrected chi connectivity index (χ4v) is 1.36. The summed E-state index contributed by atoms with van der Waals surface area (Å²) in [5, 5.41) is 0. The zero-order valence-electron chi connectivity index (χ0n) is 10.2. The minimum Gasteiger partial charge on any atom is -0.469 e. The Labute approximate surface area is 96.6 Å². The third kappa shape index (κ3) is 6.22. The van der Waals surface area contributed by atoms with Crippen molar-refractivity contribution in [3.8, 4) is 0 Å². The predicted molar refractivity (Wildman–Crippen MR) is 60.9 cm³/mol. The van der Waals surface area contributed by atoms with Crippen LogP contribution in [0.2, 0.25) is 0 Å². The first-order chi connectivity index (χ1) is 7.65. The quantitative estimate of drug-likeness (QED) is 0.381. The zero-order valence-corrected chi connectivity index (χ0v) is 10.2. The molecule has 0 saturated carbocycles. The van der Waals surface area contributed by atoms with Gasteiger partial charge < -0.3 is 9.47 Å². The molecule has 0 aliphatic rings. The van der Waals surface area contributed by atoms with E-state index in [1.54, 1.807) is 6.08 Å². The molecule has 4 nitrogen and oxygen atoms in total. The molecule has 0 aliphatic heterocycles. The SMILES string of the molecule is CC=C(CCCCCC(=O)OC)C(=O)OC. The molecular weight excluding hydrogens is 208 g/mol. The van der Waals surface area contributed by atoms with Gasteiger partial charge in [0.2, 0.25) is 0 Å². The number of esters is 2. The normalized spacial score (nSPS) is 11.1. The average Bonchev–Trinajstić information content (AvgIpc) is 2.32. The molecule has 0 radical (unpaired) electrons. The lowest BCUT2D eigenvalue weighted by Gasteiger charge is -2.04. The van der Waals surface area contributed by atoms with Crippen molar-refractivity contribution in [1.82, 2.24) is 0 Å². The van der Waals surface area contributed by atoms with E-state index >= 15 is 0 Å². The van der Waals surface area contributed by atoms with E-state index in [2.05, 4.69) is 9.47 Å². The Kier molecular flexibility index (Phi) is 8.21. The van der Waals surface area contributed by atoms with Gasteiger partial charge in [0.25, 0.3) is 0 Å². The summed E-state index contributed by atoms with van der Waals surface area (Å²) in [4.78, 5) is 22.0. The van der Waals surface area contributed by atoms with Crippen LogP contribution < -0.4 is 0 Å². The summed E-state index contributed by atoms with van der Waals surface area (Å²) in [5.41, 5.74) is 0.695. The molecule has 0 fully saturated rings. The number of rotatable bonds is 7. The summed E-state index contributed by atoms with van der Waals surface area (Å²) in [6.45, 7) is 1.82. The van der Waals surface area contributed by atoms with Crippen LogP contribution in [0.25, 0.3) is 0 Å². The summed E-state index contributed by atoms with van der Waals surface area (Å²) in [6, 6.07) is 0. The second kappa shape index (κ2) is 8.95. The summed E-state index contributed by atoms with van der Waals surface area (Å²) < 4.78 is 9.16. The summed E-state index contributed by atoms with van der Waals surface area (Å²) in [5.74, 6) is -0.449. The van der Waals surface area contributed by atoms with Crippen LogP contribution in [-0.2, 0) is 19.1 Å². The van der Waals surface area contributed by atoms with Gasteiger partial charge in [0.05, 0.1) is 14.2 Å². The van der Waals surface area contributed by atoms with Crippen LogP contribution in [0.4, 0.5) is 0 Å². The molecule has 0 unspecified atom stereocenters. The van der Waals surface area contributed by atoms with Crippen molar-refractivity contribution in [1.29, 1.82) is 0 Å². The van der Waals surface area contributed by atoms with E-state index in [-0.39, 0.29) is 11.9 Å². The monoisotopic (exact) mass is 228 g/mol. The molecule has 16 heavy (non-hydrogen) atoms. The van der Waals surface area contributed by atoms with Crippen LogP contribution in [0.15, 0.2) is 11.6 Å². The van der Waals surface area contributed by atoms with Gasteiger partial charge in [0.1, 0.15) is 0 Å². The highest BCUT2D eigenvalue weighted by Gasteiger charge is 2.07. The maximum absolute atomic E-state index is 11.2. The average molecular weight is 228 g/mol. The van der Waals surface area contributed by atoms with E-state index in [0.29, 0.717) is 18.4 Å². The molecule has 0 atom stereocenters. The number of carbonyl (C=O) groups is 2. The second-order valence-electron chi connectivity index (χ2n) is 3.44. The van der Waals surface area contributed by atoms with Crippen LogP contribution in [0.1, 0.15) is 39.0 Å². The third-order valence-corrected chi connectivity index (χ3v) is 2.35. The van der Waals surface area contributed by atoms with Crippen molar-refractivity contribution in [2.24, 2.45) is 0 Å². The van der Waals surface area contributed by atoms with Crippen molar-refractivity contribution >= 4 is 11.9 Å². The molecule has 0 N–H and O–H groups in total. The molecule has 0 saturated heterocycles. The van der Waals surface area contributed by atoms with E-state index in [4.69, 9.17) is 0 Å². The van der Waals surface area contributed by atoms with E-state index in [9.17, 15) is 9.59 Å². The van der Waals surface area contributed by atoms with Gasteiger partial charge in [-0.25, -0.2) is 4.79 Å². The number of carbonyl (C=O) groups excluding carboxylic acids is 2. The number of allylic oxidation sites excluding steroid dienone is 1. The van der Waals surface area contributed by atoms with Gasteiger partial charge in [-0.3, -0.25) is 4.79 Å². The third-order valence-electron chi connectivity index (χ3n) is 2.35. The molecule has 0 heterocycles. The first-order valence-corrected chi connectivity index (χ1v) is 5.46. The Bertz CT molecular complexity index is 256. The maximum Gasteiger partial charge on any atom is 0.333 e. The fraction of sp³-hybridized carbons (Fsp3) is 0.667. The number of ether oxygens (including phenoxy) is 2. The molecule has 0 rings (SSSR count). The van der Waals surface area contributed by atoms with Crippen LogP contribution in [0.5, 0.6) is 0 Å². The minimum absolute atomic E-state index is 0.181. The molecule has 0 aliphatic carbocycles. The highest BCUT2D eigenvalue weighted by molar-refractivity contribution is 5.88. The van der Waals surface area contributed by atoms with Crippen molar-refractivity contribution in [2.75, 3.05) is 14.2 Å². The largest absolute Gasteiger partial charge is 0.469 e. The second-order valence-corrected chi connectivity index (χ2v) is 3.44. The lowest BCUT2D eigenvalue weighted by molar-refractivity contribution is -0.140. The molecule has 0 bridgehead atoms. The minimum atomic E-state index is -0.268. The van der Waals surface area contributed by atoms with Crippen LogP contribution in [0.3, 0.4) is 0 Å². The molecule has 0 aromatic rings. The van der Waals surface area contributed by atoms with Gasteiger partial charge in [-0.1, -0.05) is 12.5 Å². The van der Waals surface area contributed by atoms with Gasteiger partial charge in [0.15, 0.2) is 0 Å². The smallest absolute Gasteiger partial charge is 0.333 e. The van der Waals surface area contributed by atoms with E-state index in [0.717, 1.165) is 19.3 Å². The van der Waals surface area contributed by atoms with Crippen molar-refractivity contribution in [2.45, 2.75) is 39.0 Å². The standard InChI is InChI=1S/C12H20O4/c1-4-10(12(14)16-3)8-6-5-7-9-11(13)15-2/h4H,5-9H2,1-3H3. The summed E-state index contributed by atoms with van der Waals surface area (Å²) >= 11 is 0. The molecular formula is C12H20O4. The molecule has 4 heteroatoms.